The number of hydrogen-bond donors (Lipinski definition) is 1. The first kappa shape index (κ1) is 51.7. The molecule has 0 unspecified atom stereocenters. The Bertz CT molecular complexity index is 2940. The normalized spacial score (nSPS) is 16.4. The highest BCUT2D eigenvalue weighted by Gasteiger charge is 2.32. The van der Waals surface area contributed by atoms with E-state index in [1.165, 1.54) is 0 Å². The number of hydrogen-bond acceptors (Lipinski definition) is 15. The second-order valence-electron chi connectivity index (χ2n) is 19.8. The zero-order valence-electron chi connectivity index (χ0n) is 41.6. The zero-order valence-corrected chi connectivity index (χ0v) is 41.6. The van der Waals surface area contributed by atoms with Crippen molar-refractivity contribution in [2.75, 3.05) is 65.7 Å². The molecule has 6 aromatic heterocycles. The number of ether oxygens (including phenoxy) is 5. The van der Waals surface area contributed by atoms with Gasteiger partial charge in [0.25, 0.3) is 11.1 Å². The lowest BCUT2D eigenvalue weighted by Gasteiger charge is -2.39. The average Bonchev–Trinajstić information content (AvgIpc) is 3.37. The van der Waals surface area contributed by atoms with Gasteiger partial charge < -0.3 is 47.9 Å². The lowest BCUT2D eigenvalue weighted by molar-refractivity contribution is 0.00528. The molecule has 6 aromatic rings. The lowest BCUT2D eigenvalue weighted by atomic mass is 10.0. The van der Waals surface area contributed by atoms with Gasteiger partial charge in [-0.1, -0.05) is 7.43 Å². The molecule has 0 radical (unpaired) electrons. The van der Waals surface area contributed by atoms with Crippen molar-refractivity contribution in [3.05, 3.63) is 117 Å². The summed E-state index contributed by atoms with van der Waals surface area (Å²) in [6, 6.07) is 15.1. The molecule has 0 bridgehead atoms. The molecule has 2 fully saturated rings. The fourth-order valence-electron chi connectivity index (χ4n) is 9.54. The highest BCUT2D eigenvalue weighted by atomic mass is 16.6. The van der Waals surface area contributed by atoms with Gasteiger partial charge >= 0.3 is 6.09 Å². The summed E-state index contributed by atoms with van der Waals surface area (Å²) in [5.74, 6) is 2.79. The Labute approximate surface area is 421 Å². The number of carbonyl (C=O) groups excluding carboxylic acids is 1. The van der Waals surface area contributed by atoms with Crippen LogP contribution in [0.15, 0.2) is 82.9 Å². The summed E-state index contributed by atoms with van der Waals surface area (Å²) in [4.78, 5) is 62.9. The minimum Gasteiger partial charge on any atom is -0.486 e. The molecule has 1 N–H and O–H groups in total. The van der Waals surface area contributed by atoms with Gasteiger partial charge in [-0.25, -0.2) is 4.79 Å². The van der Waals surface area contributed by atoms with Crippen molar-refractivity contribution in [3.8, 4) is 23.0 Å². The van der Waals surface area contributed by atoms with Crippen molar-refractivity contribution in [3.63, 3.8) is 0 Å². The van der Waals surface area contributed by atoms with Crippen LogP contribution in [0, 0.1) is 13.8 Å². The van der Waals surface area contributed by atoms with Gasteiger partial charge in [-0.3, -0.25) is 34.4 Å². The number of fused-ring (bicyclic) bond motifs is 4. The van der Waals surface area contributed by atoms with Gasteiger partial charge in [-0.05, 0) is 109 Å². The zero-order chi connectivity index (χ0) is 49.5. The Morgan fingerprint density at radius 2 is 1.11 bits per heavy atom. The molecule has 72 heavy (non-hydrogen) atoms. The molecule has 0 spiro atoms. The van der Waals surface area contributed by atoms with Gasteiger partial charge in [0.1, 0.15) is 32.0 Å². The number of pyridine rings is 6. The van der Waals surface area contributed by atoms with Gasteiger partial charge in [-0.15, -0.1) is 0 Å². The number of likely N-dealkylation sites (tertiary alicyclic amines) is 2. The fraction of sp³-hybridized carbons (Fsp3) is 0.500. The summed E-state index contributed by atoms with van der Waals surface area (Å²) in [7, 11) is 0. The third-order valence-electron chi connectivity index (χ3n) is 13.3. The van der Waals surface area contributed by atoms with E-state index in [9.17, 15) is 14.4 Å². The highest BCUT2D eigenvalue weighted by molar-refractivity contribution is 5.75. The van der Waals surface area contributed by atoms with Gasteiger partial charge in [0.05, 0.1) is 52.4 Å². The SMILES string of the molecule is C.Cc1cnc2ccc(=O)n(CCN3CCC(N(Cc4cc5c(cn4)OCCO5)C(=O)OC(C)(C)C)CC3)c2c1.Cc1cnc2ccc(=O)n(CCN3CCC(NCc4cc5c(cn4)OCCO5)CC3)c2c1. The molecule has 0 saturated carbocycles. The van der Waals surface area contributed by atoms with Gasteiger partial charge in [0.15, 0.2) is 23.0 Å². The predicted molar refractivity (Wildman–Crippen MR) is 276 cm³/mol. The summed E-state index contributed by atoms with van der Waals surface area (Å²) >= 11 is 0. The van der Waals surface area contributed by atoms with Crippen LogP contribution in [-0.2, 0) is 30.9 Å². The number of nitrogens with one attached hydrogen (secondary N) is 1. The Morgan fingerprint density at radius 1 is 0.639 bits per heavy atom. The standard InChI is InChI=1S/C29H37N5O5.C24H29N5O3.CH4/c1-20-15-24-23(31-17-20)5-6-27(35)33(24)12-11-32-9-7-22(8-10-32)34(28(36)39-29(2,3)4)19-21-16-25-26(18-30-21)38-14-13-37-25;1-17-12-21-20(27-14-17)2-3-24(30)29(21)9-8-28-6-4-18(5-7-28)25-15-19-13-22-23(16-26-19)32-11-10-31-22;/h5-6,15-18,22H,7-14,19H2,1-4H3;2-3,12-14,16,18,25H,4-11,15H2,1H3;1H4. The Balaban J connectivity index is 0.000000193. The van der Waals surface area contributed by atoms with Crippen molar-refractivity contribution in [2.24, 2.45) is 0 Å². The molecule has 2 saturated heterocycles. The summed E-state index contributed by atoms with van der Waals surface area (Å²) < 4.78 is 31.9. The van der Waals surface area contributed by atoms with E-state index in [2.05, 4.69) is 35.1 Å². The molecule has 1 amide bonds. The van der Waals surface area contributed by atoms with Crippen LogP contribution in [-0.4, -0.2) is 133 Å². The van der Waals surface area contributed by atoms with E-state index < -0.39 is 5.60 Å². The van der Waals surface area contributed by atoms with Crippen LogP contribution >= 0.6 is 0 Å². The molecule has 18 nitrogen and oxygen atoms in total. The Hall–Kier alpha value is -6.63. The maximum atomic E-state index is 13.3. The molecule has 10 heterocycles. The third kappa shape index (κ3) is 13.1. The van der Waals surface area contributed by atoms with E-state index >= 15 is 0 Å². The molecular formula is C54H70N10O8. The summed E-state index contributed by atoms with van der Waals surface area (Å²) in [5.41, 5.74) is 6.67. The summed E-state index contributed by atoms with van der Waals surface area (Å²) in [5, 5.41) is 3.63. The molecule has 10 rings (SSSR count). The van der Waals surface area contributed by atoms with Crippen LogP contribution in [0.3, 0.4) is 0 Å². The third-order valence-corrected chi connectivity index (χ3v) is 13.3. The molecule has 0 atom stereocenters. The van der Waals surface area contributed by atoms with Gasteiger partial charge in [-0.2, -0.15) is 0 Å². The van der Waals surface area contributed by atoms with Crippen LogP contribution < -0.4 is 35.4 Å². The minimum atomic E-state index is -0.602. The Kier molecular flexibility index (Phi) is 16.7. The molecular weight excluding hydrogens is 917 g/mol. The first-order valence-electron chi connectivity index (χ1n) is 24.9. The number of nitrogens with zero attached hydrogens (tertiary/aromatic N) is 9. The van der Waals surface area contributed by atoms with Gasteiger partial charge in [0.2, 0.25) is 0 Å². The Morgan fingerprint density at radius 3 is 1.62 bits per heavy atom. The van der Waals surface area contributed by atoms with E-state index in [1.54, 1.807) is 41.6 Å². The van der Waals surface area contributed by atoms with E-state index in [0.717, 1.165) is 128 Å². The lowest BCUT2D eigenvalue weighted by Crippen LogP contribution is -2.49. The van der Waals surface area contributed by atoms with Crippen molar-refractivity contribution >= 4 is 28.2 Å². The van der Waals surface area contributed by atoms with E-state index in [1.807, 2.05) is 80.4 Å². The maximum Gasteiger partial charge on any atom is 0.410 e. The number of piperidine rings is 2. The van der Waals surface area contributed by atoms with E-state index in [-0.39, 0.29) is 30.7 Å². The number of aryl methyl sites for hydroxylation is 2. The molecule has 4 aliphatic heterocycles. The highest BCUT2D eigenvalue weighted by Crippen LogP contribution is 2.32. The molecule has 4 aliphatic rings. The van der Waals surface area contributed by atoms with Crippen molar-refractivity contribution in [1.82, 2.24) is 49.1 Å². The summed E-state index contributed by atoms with van der Waals surface area (Å²) in [6.07, 6.45) is 10.5. The average molecular weight is 987 g/mol. The molecule has 384 valence electrons. The topological polar surface area (TPSA) is 181 Å². The first-order chi connectivity index (χ1) is 34.3. The van der Waals surface area contributed by atoms with Crippen LogP contribution in [0.2, 0.25) is 0 Å². The van der Waals surface area contributed by atoms with Crippen LogP contribution in [0.1, 0.15) is 76.4 Å². The van der Waals surface area contributed by atoms with Crippen LogP contribution in [0.25, 0.3) is 22.1 Å². The van der Waals surface area contributed by atoms with Crippen molar-refractivity contribution < 1.29 is 28.5 Å². The molecule has 0 aromatic carbocycles. The van der Waals surface area contributed by atoms with Crippen LogP contribution in [0.4, 0.5) is 4.79 Å². The van der Waals surface area contributed by atoms with E-state index in [0.29, 0.717) is 63.6 Å². The monoisotopic (exact) mass is 987 g/mol. The predicted octanol–water partition coefficient (Wildman–Crippen LogP) is 6.53. The quantitative estimate of drug-likeness (QED) is 0.140. The molecule has 0 aliphatic carbocycles. The first-order valence-corrected chi connectivity index (χ1v) is 24.9. The smallest absolute Gasteiger partial charge is 0.410 e. The fourth-order valence-corrected chi connectivity index (χ4v) is 9.54. The molecule has 18 heteroatoms. The van der Waals surface area contributed by atoms with E-state index in [4.69, 9.17) is 23.7 Å². The number of rotatable bonds is 12. The number of carbonyl (C=O) groups is 1. The second-order valence-corrected chi connectivity index (χ2v) is 19.8. The van der Waals surface area contributed by atoms with Crippen molar-refractivity contribution in [1.29, 1.82) is 0 Å². The summed E-state index contributed by atoms with van der Waals surface area (Å²) in [6.45, 7) is 19.4. The second kappa shape index (κ2) is 23.3. The number of amides is 1. The maximum absolute atomic E-state index is 13.3. The van der Waals surface area contributed by atoms with Crippen molar-refractivity contribution in [2.45, 2.75) is 112 Å². The number of aromatic nitrogens is 6. The van der Waals surface area contributed by atoms with Crippen LogP contribution in [0.5, 0.6) is 23.0 Å². The largest absolute Gasteiger partial charge is 0.486 e. The minimum absolute atomic E-state index is 0. The van der Waals surface area contributed by atoms with Gasteiger partial charge in [0, 0.05) is 94.6 Å².